The fourth-order valence-electron chi connectivity index (χ4n) is 2.42. The van der Waals surface area contributed by atoms with Gasteiger partial charge in [-0.05, 0) is 12.5 Å². The molecule has 1 aromatic rings. The molecule has 0 saturated heterocycles. The van der Waals surface area contributed by atoms with Crippen molar-refractivity contribution in [2.24, 2.45) is 0 Å². The normalized spacial score (nSPS) is 17.0. The van der Waals surface area contributed by atoms with Crippen LogP contribution >= 0.6 is 0 Å². The number of rotatable bonds is 6. The third kappa shape index (κ3) is 3.84. The van der Waals surface area contributed by atoms with Gasteiger partial charge in [0.25, 0.3) is 0 Å². The molecule has 124 valence electrons. The molecule has 9 heteroatoms. The summed E-state index contributed by atoms with van der Waals surface area (Å²) in [6.45, 7) is 3.43. The standard InChI is InChI=1S/C13H22N4O4S/c1-4-12(21-2)13(18)14-8-10-7-11-9-16(22(3,19)20)5-6-17(11)15-10/h7,12H,4-6,8-9H2,1-3H3,(H,14,18)/t12-/m0/s1. The molecule has 1 aromatic heterocycles. The first-order valence-corrected chi connectivity index (χ1v) is 9.01. The molecule has 0 unspecified atom stereocenters. The van der Waals surface area contributed by atoms with Crippen molar-refractivity contribution in [2.45, 2.75) is 39.1 Å². The van der Waals surface area contributed by atoms with Gasteiger partial charge in [0.1, 0.15) is 6.10 Å². The van der Waals surface area contributed by atoms with Gasteiger partial charge in [-0.15, -0.1) is 0 Å². The Balaban J connectivity index is 1.99. The summed E-state index contributed by atoms with van der Waals surface area (Å²) in [5.41, 5.74) is 1.55. The zero-order valence-electron chi connectivity index (χ0n) is 13.1. The second-order valence-electron chi connectivity index (χ2n) is 5.30. The Morgan fingerprint density at radius 2 is 2.23 bits per heavy atom. The van der Waals surface area contributed by atoms with Gasteiger partial charge < -0.3 is 10.1 Å². The molecule has 1 amide bonds. The van der Waals surface area contributed by atoms with Crippen molar-refractivity contribution < 1.29 is 17.9 Å². The van der Waals surface area contributed by atoms with Crippen LogP contribution in [0.1, 0.15) is 24.7 Å². The Morgan fingerprint density at radius 3 is 2.82 bits per heavy atom. The second kappa shape index (κ2) is 6.76. The van der Waals surface area contributed by atoms with Gasteiger partial charge in [0.15, 0.2) is 0 Å². The zero-order chi connectivity index (χ0) is 16.3. The van der Waals surface area contributed by atoms with Crippen LogP contribution in [0, 0.1) is 0 Å². The lowest BCUT2D eigenvalue weighted by Gasteiger charge is -2.25. The average Bonchev–Trinajstić information content (AvgIpc) is 2.87. The van der Waals surface area contributed by atoms with Gasteiger partial charge in [-0.25, -0.2) is 8.42 Å². The molecule has 1 N–H and O–H groups in total. The van der Waals surface area contributed by atoms with Crippen LogP contribution in [0.5, 0.6) is 0 Å². The molecule has 1 atom stereocenters. The fourth-order valence-corrected chi connectivity index (χ4v) is 3.20. The van der Waals surface area contributed by atoms with Crippen molar-refractivity contribution in [3.8, 4) is 0 Å². The molecule has 0 fully saturated rings. The molecular weight excluding hydrogens is 308 g/mol. The highest BCUT2D eigenvalue weighted by molar-refractivity contribution is 7.88. The van der Waals surface area contributed by atoms with E-state index < -0.39 is 16.1 Å². The number of aromatic nitrogens is 2. The lowest BCUT2D eigenvalue weighted by Crippen LogP contribution is -2.37. The lowest BCUT2D eigenvalue weighted by atomic mass is 10.2. The SMILES string of the molecule is CC[C@H](OC)C(=O)NCc1cc2n(n1)CCN(S(C)(=O)=O)C2. The van der Waals surface area contributed by atoms with Crippen LogP contribution in [0.25, 0.3) is 0 Å². The van der Waals surface area contributed by atoms with Crippen molar-refractivity contribution in [2.75, 3.05) is 19.9 Å². The summed E-state index contributed by atoms with van der Waals surface area (Å²) < 4.78 is 31.4. The summed E-state index contributed by atoms with van der Waals surface area (Å²) in [6, 6.07) is 1.82. The predicted molar refractivity (Wildman–Crippen MR) is 80.4 cm³/mol. The molecule has 2 rings (SSSR count). The Bertz CT molecular complexity index is 636. The number of sulfonamides is 1. The zero-order valence-corrected chi connectivity index (χ0v) is 13.9. The van der Waals surface area contributed by atoms with Gasteiger partial charge in [0, 0.05) is 13.7 Å². The minimum Gasteiger partial charge on any atom is -0.372 e. The van der Waals surface area contributed by atoms with Gasteiger partial charge in [0.2, 0.25) is 15.9 Å². The fraction of sp³-hybridized carbons (Fsp3) is 0.692. The minimum absolute atomic E-state index is 0.172. The number of amides is 1. The molecule has 2 heterocycles. The van der Waals surface area contributed by atoms with Crippen molar-refractivity contribution in [1.82, 2.24) is 19.4 Å². The van der Waals surface area contributed by atoms with E-state index in [9.17, 15) is 13.2 Å². The molecule has 0 aromatic carbocycles. The molecule has 0 radical (unpaired) electrons. The predicted octanol–water partition coefficient (Wildman–Crippen LogP) is -0.300. The Labute approximate surface area is 130 Å². The number of carbonyl (C=O) groups is 1. The minimum atomic E-state index is -3.20. The van der Waals surface area contributed by atoms with Crippen LogP contribution in [0.2, 0.25) is 0 Å². The first-order chi connectivity index (χ1) is 10.3. The third-order valence-electron chi connectivity index (χ3n) is 3.67. The maximum atomic E-state index is 11.8. The number of nitrogens with zero attached hydrogens (tertiary/aromatic N) is 3. The number of fused-ring (bicyclic) bond motifs is 1. The summed E-state index contributed by atoms with van der Waals surface area (Å²) in [4.78, 5) is 11.8. The van der Waals surface area contributed by atoms with Gasteiger partial charge >= 0.3 is 0 Å². The van der Waals surface area contributed by atoms with E-state index >= 15 is 0 Å². The number of ether oxygens (including phenoxy) is 1. The molecule has 22 heavy (non-hydrogen) atoms. The van der Waals surface area contributed by atoms with Crippen LogP contribution < -0.4 is 5.32 Å². The van der Waals surface area contributed by atoms with E-state index in [1.165, 1.54) is 17.7 Å². The maximum absolute atomic E-state index is 11.8. The van der Waals surface area contributed by atoms with Crippen molar-refractivity contribution in [1.29, 1.82) is 0 Å². The second-order valence-corrected chi connectivity index (χ2v) is 7.28. The first-order valence-electron chi connectivity index (χ1n) is 7.16. The van der Waals surface area contributed by atoms with Crippen LogP contribution in [-0.4, -0.2) is 54.4 Å². The molecular formula is C13H22N4O4S. The van der Waals surface area contributed by atoms with E-state index in [0.717, 1.165) is 5.69 Å². The molecule has 8 nitrogen and oxygen atoms in total. The number of hydrogen-bond donors (Lipinski definition) is 1. The third-order valence-corrected chi connectivity index (χ3v) is 4.92. The number of carbonyl (C=O) groups excluding carboxylic acids is 1. The van der Waals surface area contributed by atoms with Gasteiger partial charge in [-0.3, -0.25) is 9.48 Å². The maximum Gasteiger partial charge on any atom is 0.249 e. The highest BCUT2D eigenvalue weighted by Gasteiger charge is 2.24. The van der Waals surface area contributed by atoms with Crippen LogP contribution in [-0.2, 0) is 39.2 Å². The first kappa shape index (κ1) is 16.9. The number of methoxy groups -OCH3 is 1. The molecule has 1 aliphatic rings. The van der Waals surface area contributed by atoms with Crippen LogP contribution in [0.15, 0.2) is 6.07 Å². The van der Waals surface area contributed by atoms with Crippen LogP contribution in [0.4, 0.5) is 0 Å². The highest BCUT2D eigenvalue weighted by Crippen LogP contribution is 2.16. The van der Waals surface area contributed by atoms with E-state index in [1.807, 2.05) is 13.0 Å². The Hall–Kier alpha value is -1.45. The van der Waals surface area contributed by atoms with E-state index in [0.29, 0.717) is 38.3 Å². The van der Waals surface area contributed by atoms with Gasteiger partial charge in [-0.2, -0.15) is 9.40 Å². The van der Waals surface area contributed by atoms with Crippen molar-refractivity contribution in [3.63, 3.8) is 0 Å². The van der Waals surface area contributed by atoms with Gasteiger partial charge in [0.05, 0.1) is 37.3 Å². The summed E-state index contributed by atoms with van der Waals surface area (Å²) >= 11 is 0. The molecule has 0 spiro atoms. The molecule has 0 aliphatic carbocycles. The number of hydrogen-bond acceptors (Lipinski definition) is 5. The van der Waals surface area contributed by atoms with E-state index in [2.05, 4.69) is 10.4 Å². The molecule has 1 aliphatic heterocycles. The van der Waals surface area contributed by atoms with Crippen LogP contribution in [0.3, 0.4) is 0 Å². The summed E-state index contributed by atoms with van der Waals surface area (Å²) in [5, 5.41) is 7.17. The highest BCUT2D eigenvalue weighted by atomic mass is 32.2. The van der Waals surface area contributed by atoms with Crippen molar-refractivity contribution in [3.05, 3.63) is 17.5 Å². The van der Waals surface area contributed by atoms with E-state index in [4.69, 9.17) is 4.74 Å². The Morgan fingerprint density at radius 1 is 1.50 bits per heavy atom. The average molecular weight is 330 g/mol. The topological polar surface area (TPSA) is 93.5 Å². The molecule has 0 saturated carbocycles. The van der Waals surface area contributed by atoms with E-state index in [1.54, 1.807) is 4.68 Å². The summed E-state index contributed by atoms with van der Waals surface area (Å²) in [6.07, 6.45) is 1.35. The van der Waals surface area contributed by atoms with Crippen molar-refractivity contribution >= 4 is 15.9 Å². The lowest BCUT2D eigenvalue weighted by molar-refractivity contribution is -0.131. The molecule has 0 bridgehead atoms. The smallest absolute Gasteiger partial charge is 0.249 e. The monoisotopic (exact) mass is 330 g/mol. The van der Waals surface area contributed by atoms with E-state index in [-0.39, 0.29) is 5.91 Å². The number of nitrogens with one attached hydrogen (secondary N) is 1. The summed E-state index contributed by atoms with van der Waals surface area (Å²) in [5.74, 6) is -0.172. The largest absolute Gasteiger partial charge is 0.372 e. The Kier molecular flexibility index (Phi) is 5.20. The quantitative estimate of drug-likeness (QED) is 0.773. The summed E-state index contributed by atoms with van der Waals surface area (Å²) in [7, 11) is -1.69. The van der Waals surface area contributed by atoms with Gasteiger partial charge in [-0.1, -0.05) is 6.92 Å².